The standard InChI is InChI=1S/C20H12F4N4O6S3/c21-19(22)31-11-3-1-9(5-13(11)33-19)25-15(29)7-35-17-27-28-18(37-17)36-8-16(30)26-10-2-4-12-14(6-10)34-20(23,24)32-12/h1-6H,7-8H2,(H,25,29)(H,26,30). The number of alkyl halides is 4. The Bertz CT molecular complexity index is 1280. The maximum Gasteiger partial charge on any atom is 0.586 e. The highest BCUT2D eigenvalue weighted by atomic mass is 32.2. The van der Waals surface area contributed by atoms with Gasteiger partial charge in [0.25, 0.3) is 0 Å². The van der Waals surface area contributed by atoms with Crippen molar-refractivity contribution < 1.29 is 46.1 Å². The monoisotopic (exact) mass is 576 g/mol. The van der Waals surface area contributed by atoms with Crippen LogP contribution >= 0.6 is 34.9 Å². The van der Waals surface area contributed by atoms with Gasteiger partial charge in [0, 0.05) is 23.5 Å². The highest BCUT2D eigenvalue weighted by molar-refractivity contribution is 8.03. The summed E-state index contributed by atoms with van der Waals surface area (Å²) in [6.07, 6.45) is -7.50. The van der Waals surface area contributed by atoms with Gasteiger partial charge in [-0.25, -0.2) is 0 Å². The van der Waals surface area contributed by atoms with E-state index >= 15 is 0 Å². The SMILES string of the molecule is O=C(CSc1nnc(SCC(=O)Nc2ccc3c(c2)OC(F)(F)O3)s1)Nc1ccc2c(c1)OC(F)(F)O2. The molecule has 17 heteroatoms. The van der Waals surface area contributed by atoms with Crippen LogP contribution in [0.2, 0.25) is 0 Å². The first-order valence-corrected chi connectivity index (χ1v) is 12.8. The van der Waals surface area contributed by atoms with Crippen LogP contribution in [0.1, 0.15) is 0 Å². The van der Waals surface area contributed by atoms with Crippen molar-refractivity contribution in [2.24, 2.45) is 0 Å². The number of fused-ring (bicyclic) bond motifs is 2. The Balaban J connectivity index is 1.06. The molecule has 0 spiro atoms. The molecule has 0 aliphatic carbocycles. The lowest BCUT2D eigenvalue weighted by atomic mass is 10.3. The zero-order valence-electron chi connectivity index (χ0n) is 18.0. The van der Waals surface area contributed by atoms with E-state index < -0.39 is 24.4 Å². The van der Waals surface area contributed by atoms with Crippen molar-refractivity contribution in [1.29, 1.82) is 0 Å². The molecular weight excluding hydrogens is 564 g/mol. The summed E-state index contributed by atoms with van der Waals surface area (Å²) in [7, 11) is 0. The van der Waals surface area contributed by atoms with Crippen LogP contribution in [0.25, 0.3) is 0 Å². The second kappa shape index (κ2) is 9.79. The van der Waals surface area contributed by atoms with Crippen molar-refractivity contribution in [3.05, 3.63) is 36.4 Å². The molecule has 5 rings (SSSR count). The van der Waals surface area contributed by atoms with Crippen LogP contribution in [0.15, 0.2) is 45.1 Å². The van der Waals surface area contributed by atoms with Crippen molar-refractivity contribution in [3.63, 3.8) is 0 Å². The Morgan fingerprint density at radius 2 is 1.14 bits per heavy atom. The summed E-state index contributed by atoms with van der Waals surface area (Å²) in [5, 5.41) is 13.0. The summed E-state index contributed by atoms with van der Waals surface area (Å²) >= 11 is 3.36. The average Bonchev–Trinajstić information content (AvgIpc) is 3.48. The van der Waals surface area contributed by atoms with Crippen molar-refractivity contribution in [2.75, 3.05) is 22.1 Å². The van der Waals surface area contributed by atoms with Crippen molar-refractivity contribution in [3.8, 4) is 23.0 Å². The lowest BCUT2D eigenvalue weighted by molar-refractivity contribution is -0.287. The number of benzene rings is 2. The van der Waals surface area contributed by atoms with E-state index in [-0.39, 0.29) is 45.9 Å². The van der Waals surface area contributed by atoms with Crippen molar-refractivity contribution in [1.82, 2.24) is 10.2 Å². The fourth-order valence-electron chi connectivity index (χ4n) is 3.02. The number of anilines is 2. The molecule has 2 aliphatic rings. The first-order valence-electron chi connectivity index (χ1n) is 10.0. The molecule has 0 saturated carbocycles. The van der Waals surface area contributed by atoms with Crippen LogP contribution in [0.3, 0.4) is 0 Å². The predicted octanol–water partition coefficient (Wildman–Crippen LogP) is 4.64. The summed E-state index contributed by atoms with van der Waals surface area (Å²) in [6.45, 7) is 0. The molecule has 0 fully saturated rings. The highest BCUT2D eigenvalue weighted by Crippen LogP contribution is 2.43. The lowest BCUT2D eigenvalue weighted by Gasteiger charge is -2.05. The van der Waals surface area contributed by atoms with Gasteiger partial charge in [0.1, 0.15) is 0 Å². The van der Waals surface area contributed by atoms with E-state index in [9.17, 15) is 27.2 Å². The lowest BCUT2D eigenvalue weighted by Crippen LogP contribution is -2.25. The zero-order valence-corrected chi connectivity index (χ0v) is 20.4. The first kappa shape index (κ1) is 25.2. The van der Waals surface area contributed by atoms with Gasteiger partial charge in [-0.15, -0.1) is 27.8 Å². The van der Waals surface area contributed by atoms with Gasteiger partial charge in [0.15, 0.2) is 31.7 Å². The Morgan fingerprint density at radius 1 is 0.730 bits per heavy atom. The van der Waals surface area contributed by atoms with E-state index in [0.29, 0.717) is 8.68 Å². The third kappa shape index (κ3) is 6.28. The van der Waals surface area contributed by atoms with Crippen molar-refractivity contribution >= 4 is 58.0 Å². The number of halogens is 4. The number of hydrogen-bond donors (Lipinski definition) is 2. The van der Waals surface area contributed by atoms with Gasteiger partial charge in [-0.2, -0.15) is 0 Å². The number of thioether (sulfide) groups is 2. The summed E-state index contributed by atoms with van der Waals surface area (Å²) < 4.78 is 70.7. The van der Waals surface area contributed by atoms with Crippen LogP contribution in [-0.4, -0.2) is 46.1 Å². The first-order chi connectivity index (χ1) is 17.5. The third-order valence-electron chi connectivity index (χ3n) is 4.41. The van der Waals surface area contributed by atoms with Gasteiger partial charge in [0.05, 0.1) is 11.5 Å². The smallest absolute Gasteiger partial charge is 0.395 e. The Hall–Kier alpha value is -3.44. The van der Waals surface area contributed by atoms with E-state index in [1.807, 2.05) is 0 Å². The Morgan fingerprint density at radius 3 is 1.57 bits per heavy atom. The molecule has 1 aromatic heterocycles. The van der Waals surface area contributed by atoms with Crippen LogP contribution in [0.5, 0.6) is 23.0 Å². The van der Waals surface area contributed by atoms with Gasteiger partial charge in [-0.05, 0) is 24.3 Å². The minimum absolute atomic E-state index is 0.0342. The number of hydrogen-bond acceptors (Lipinski definition) is 11. The molecule has 0 bridgehead atoms. The van der Waals surface area contributed by atoms with Gasteiger partial charge < -0.3 is 29.6 Å². The fraction of sp³-hybridized carbons (Fsp3) is 0.200. The van der Waals surface area contributed by atoms with Crippen LogP contribution in [-0.2, 0) is 9.59 Å². The topological polar surface area (TPSA) is 121 Å². The van der Waals surface area contributed by atoms with E-state index in [2.05, 4.69) is 39.8 Å². The molecule has 2 aliphatic heterocycles. The second-order valence-corrected chi connectivity index (χ2v) is 10.6. The molecule has 2 amide bonds. The Kier molecular flexibility index (Phi) is 6.67. The average molecular weight is 577 g/mol. The van der Waals surface area contributed by atoms with Gasteiger partial charge >= 0.3 is 12.6 Å². The van der Waals surface area contributed by atoms with E-state index in [1.165, 1.54) is 47.7 Å². The number of nitrogens with one attached hydrogen (secondary N) is 2. The third-order valence-corrected chi connectivity index (χ3v) is 7.60. The molecule has 0 atom stereocenters. The highest BCUT2D eigenvalue weighted by Gasteiger charge is 2.44. The molecule has 3 heterocycles. The number of nitrogens with zero attached hydrogens (tertiary/aromatic N) is 2. The van der Waals surface area contributed by atoms with Gasteiger partial charge in [-0.1, -0.05) is 34.9 Å². The van der Waals surface area contributed by atoms with Crippen LogP contribution in [0.4, 0.5) is 28.9 Å². The van der Waals surface area contributed by atoms with Crippen LogP contribution < -0.4 is 29.6 Å². The zero-order chi connectivity index (χ0) is 26.2. The quantitative estimate of drug-likeness (QED) is 0.290. The molecule has 0 saturated heterocycles. The molecule has 0 unspecified atom stereocenters. The number of rotatable bonds is 8. The Labute approximate surface area is 217 Å². The number of carbonyl (C=O) groups is 2. The van der Waals surface area contributed by atoms with Gasteiger partial charge in [-0.3, -0.25) is 9.59 Å². The van der Waals surface area contributed by atoms with Crippen LogP contribution in [0, 0.1) is 0 Å². The minimum atomic E-state index is -3.75. The van der Waals surface area contributed by atoms with Crippen molar-refractivity contribution in [2.45, 2.75) is 21.3 Å². The molecule has 0 radical (unpaired) electrons. The van der Waals surface area contributed by atoms with E-state index in [4.69, 9.17) is 0 Å². The molecule has 3 aromatic rings. The summed E-state index contributed by atoms with van der Waals surface area (Å²) in [5.74, 6) is -1.55. The van der Waals surface area contributed by atoms with E-state index in [0.717, 1.165) is 23.5 Å². The molecule has 194 valence electrons. The minimum Gasteiger partial charge on any atom is -0.395 e. The molecule has 37 heavy (non-hydrogen) atoms. The number of ether oxygens (including phenoxy) is 4. The normalized spacial score (nSPS) is 15.9. The number of carbonyl (C=O) groups excluding carboxylic acids is 2. The maximum absolute atomic E-state index is 13.1. The summed E-state index contributed by atoms with van der Waals surface area (Å²) in [4.78, 5) is 24.4. The summed E-state index contributed by atoms with van der Waals surface area (Å²) in [6, 6.07) is 7.76. The predicted molar refractivity (Wildman–Crippen MR) is 124 cm³/mol. The number of amides is 2. The molecule has 2 aromatic carbocycles. The summed E-state index contributed by atoms with van der Waals surface area (Å²) in [5.41, 5.74) is 0.502. The maximum atomic E-state index is 13.1. The van der Waals surface area contributed by atoms with Gasteiger partial charge in [0.2, 0.25) is 11.8 Å². The second-order valence-electron chi connectivity index (χ2n) is 7.17. The fourth-order valence-corrected chi connectivity index (χ4v) is 5.64. The number of aromatic nitrogens is 2. The molecule has 2 N–H and O–H groups in total. The molecular formula is C20H12F4N4O6S3. The largest absolute Gasteiger partial charge is 0.586 e. The van der Waals surface area contributed by atoms with E-state index in [1.54, 1.807) is 0 Å². The molecule has 10 nitrogen and oxygen atoms in total.